The molecule has 0 bridgehead atoms. The Morgan fingerprint density at radius 2 is 2.00 bits per heavy atom. The number of sulfone groups is 1. The topological polar surface area (TPSA) is 80.4 Å². The molecule has 1 aromatic rings. The summed E-state index contributed by atoms with van der Waals surface area (Å²) in [7, 11) is -3.12. The van der Waals surface area contributed by atoms with Crippen LogP contribution < -0.4 is 5.73 Å². The molecule has 0 spiro atoms. The van der Waals surface area contributed by atoms with E-state index in [9.17, 15) is 13.5 Å². The van der Waals surface area contributed by atoms with Crippen LogP contribution in [0.15, 0.2) is 24.3 Å². The summed E-state index contributed by atoms with van der Waals surface area (Å²) in [4.78, 5) is 0. The molecule has 1 rings (SSSR count). The number of nitrogens with two attached hydrogens (primary N) is 1. The van der Waals surface area contributed by atoms with Crippen LogP contribution in [0.3, 0.4) is 0 Å². The molecule has 0 amide bonds. The van der Waals surface area contributed by atoms with E-state index in [4.69, 9.17) is 5.73 Å². The molecule has 0 unspecified atom stereocenters. The summed E-state index contributed by atoms with van der Waals surface area (Å²) in [6.45, 7) is 0. The number of para-hydroxylation sites is 1. The van der Waals surface area contributed by atoms with Crippen LogP contribution in [-0.2, 0) is 9.84 Å². The molecular formula is C9H13NO3S. The third kappa shape index (κ3) is 3.01. The number of rotatable bonds is 3. The lowest BCUT2D eigenvalue weighted by Gasteiger charge is -2.11. The lowest BCUT2D eigenvalue weighted by molar-refractivity contribution is 0.463. The summed E-state index contributed by atoms with van der Waals surface area (Å²) in [5.74, 6) is -0.131. The van der Waals surface area contributed by atoms with Gasteiger partial charge in [0.2, 0.25) is 0 Å². The summed E-state index contributed by atoms with van der Waals surface area (Å²) in [6, 6.07) is 5.79. The molecule has 0 aromatic heterocycles. The van der Waals surface area contributed by atoms with Crippen LogP contribution in [0.2, 0.25) is 0 Å². The number of aromatic hydroxyl groups is 1. The highest BCUT2D eigenvalue weighted by Crippen LogP contribution is 2.22. The Morgan fingerprint density at radius 3 is 2.50 bits per heavy atom. The predicted octanol–water partition coefficient (Wildman–Crippen LogP) is 0.437. The van der Waals surface area contributed by atoms with Gasteiger partial charge in [-0.2, -0.15) is 0 Å². The van der Waals surface area contributed by atoms with Crippen molar-refractivity contribution in [2.75, 3.05) is 12.0 Å². The second-order valence-electron chi connectivity index (χ2n) is 3.26. The maximum atomic E-state index is 11.0. The molecule has 0 heterocycles. The Morgan fingerprint density at radius 1 is 1.43 bits per heavy atom. The zero-order chi connectivity index (χ0) is 10.8. The fourth-order valence-electron chi connectivity index (χ4n) is 1.22. The quantitative estimate of drug-likeness (QED) is 0.766. The van der Waals surface area contributed by atoms with Crippen molar-refractivity contribution in [1.82, 2.24) is 0 Å². The summed E-state index contributed by atoms with van der Waals surface area (Å²) < 4.78 is 21.9. The average Bonchev–Trinajstić information content (AvgIpc) is 2.01. The van der Waals surface area contributed by atoms with E-state index in [0.717, 1.165) is 6.26 Å². The molecule has 5 heteroatoms. The third-order valence-electron chi connectivity index (χ3n) is 1.82. The van der Waals surface area contributed by atoms with Gasteiger partial charge in [-0.15, -0.1) is 0 Å². The normalized spacial score (nSPS) is 13.9. The van der Waals surface area contributed by atoms with Crippen LogP contribution in [0.4, 0.5) is 0 Å². The first-order chi connectivity index (χ1) is 6.40. The maximum Gasteiger partial charge on any atom is 0.149 e. The standard InChI is InChI=1S/C9H13NO3S/c1-14(12,13)6-8(10)7-4-2-3-5-9(7)11/h2-5,8,11H,6,10H2,1H3/t8-/m0/s1. The molecule has 0 radical (unpaired) electrons. The van der Waals surface area contributed by atoms with Gasteiger partial charge in [0.15, 0.2) is 0 Å². The van der Waals surface area contributed by atoms with Crippen molar-refractivity contribution < 1.29 is 13.5 Å². The third-order valence-corrected chi connectivity index (χ3v) is 2.78. The average molecular weight is 215 g/mol. The minimum atomic E-state index is -3.12. The van der Waals surface area contributed by atoms with Crippen molar-refractivity contribution in [3.05, 3.63) is 29.8 Å². The molecule has 0 saturated heterocycles. The van der Waals surface area contributed by atoms with E-state index < -0.39 is 15.9 Å². The summed E-state index contributed by atoms with van der Waals surface area (Å²) >= 11 is 0. The lowest BCUT2D eigenvalue weighted by Crippen LogP contribution is -2.20. The molecule has 3 N–H and O–H groups in total. The van der Waals surface area contributed by atoms with E-state index in [0.29, 0.717) is 5.56 Å². The van der Waals surface area contributed by atoms with Crippen molar-refractivity contribution >= 4 is 9.84 Å². The van der Waals surface area contributed by atoms with Gasteiger partial charge in [-0.3, -0.25) is 0 Å². The second-order valence-corrected chi connectivity index (χ2v) is 5.44. The van der Waals surface area contributed by atoms with Crippen LogP contribution >= 0.6 is 0 Å². The van der Waals surface area contributed by atoms with E-state index in [2.05, 4.69) is 0 Å². The Bertz CT molecular complexity index is 414. The molecule has 0 aliphatic rings. The van der Waals surface area contributed by atoms with Crippen LogP contribution in [-0.4, -0.2) is 25.5 Å². The zero-order valence-electron chi connectivity index (χ0n) is 7.84. The highest BCUT2D eigenvalue weighted by atomic mass is 32.2. The molecule has 1 atom stereocenters. The predicted molar refractivity (Wildman–Crippen MR) is 54.7 cm³/mol. The molecule has 14 heavy (non-hydrogen) atoms. The molecular weight excluding hydrogens is 202 g/mol. The Balaban J connectivity index is 2.90. The fourth-order valence-corrected chi connectivity index (χ4v) is 2.05. The molecule has 0 aliphatic heterocycles. The van der Waals surface area contributed by atoms with Gasteiger partial charge in [-0.1, -0.05) is 18.2 Å². The van der Waals surface area contributed by atoms with Gasteiger partial charge in [-0.25, -0.2) is 8.42 Å². The number of hydrogen-bond donors (Lipinski definition) is 2. The van der Waals surface area contributed by atoms with Gasteiger partial charge in [0.1, 0.15) is 15.6 Å². The summed E-state index contributed by atoms with van der Waals surface area (Å²) in [6.07, 6.45) is 1.12. The largest absolute Gasteiger partial charge is 0.508 e. The van der Waals surface area contributed by atoms with E-state index in [1.165, 1.54) is 6.07 Å². The SMILES string of the molecule is CS(=O)(=O)C[C@H](N)c1ccccc1O. The molecule has 0 aliphatic carbocycles. The second kappa shape index (κ2) is 3.98. The number of hydrogen-bond acceptors (Lipinski definition) is 4. The highest BCUT2D eigenvalue weighted by molar-refractivity contribution is 7.90. The van der Waals surface area contributed by atoms with Gasteiger partial charge < -0.3 is 10.8 Å². The van der Waals surface area contributed by atoms with Crippen molar-refractivity contribution in [2.24, 2.45) is 5.73 Å². The van der Waals surface area contributed by atoms with Crippen molar-refractivity contribution in [2.45, 2.75) is 6.04 Å². The Kier molecular flexibility index (Phi) is 3.13. The highest BCUT2D eigenvalue weighted by Gasteiger charge is 2.15. The van der Waals surface area contributed by atoms with Crippen LogP contribution in [0, 0.1) is 0 Å². The van der Waals surface area contributed by atoms with Gasteiger partial charge in [0, 0.05) is 17.9 Å². The molecule has 0 fully saturated rings. The summed E-state index contributed by atoms with van der Waals surface area (Å²) in [5, 5.41) is 9.40. The van der Waals surface area contributed by atoms with Crippen molar-refractivity contribution in [3.8, 4) is 5.75 Å². The van der Waals surface area contributed by atoms with E-state index >= 15 is 0 Å². The first kappa shape index (κ1) is 11.0. The van der Waals surface area contributed by atoms with Crippen molar-refractivity contribution in [1.29, 1.82) is 0 Å². The van der Waals surface area contributed by atoms with Gasteiger partial charge in [-0.05, 0) is 6.07 Å². The van der Waals surface area contributed by atoms with Gasteiger partial charge >= 0.3 is 0 Å². The lowest BCUT2D eigenvalue weighted by atomic mass is 10.1. The number of benzene rings is 1. The maximum absolute atomic E-state index is 11.0. The van der Waals surface area contributed by atoms with Crippen LogP contribution in [0.25, 0.3) is 0 Å². The Hall–Kier alpha value is -1.07. The monoisotopic (exact) mass is 215 g/mol. The molecule has 0 saturated carbocycles. The minimum absolute atomic E-state index is 0.0312. The van der Waals surface area contributed by atoms with Crippen LogP contribution in [0.5, 0.6) is 5.75 Å². The van der Waals surface area contributed by atoms with Crippen LogP contribution in [0.1, 0.15) is 11.6 Å². The summed E-state index contributed by atoms with van der Waals surface area (Å²) in [5.41, 5.74) is 6.10. The molecule has 1 aromatic carbocycles. The first-order valence-corrected chi connectivity index (χ1v) is 6.17. The van der Waals surface area contributed by atoms with Gasteiger partial charge in [0.05, 0.1) is 5.75 Å². The zero-order valence-corrected chi connectivity index (χ0v) is 8.66. The van der Waals surface area contributed by atoms with E-state index in [-0.39, 0.29) is 11.5 Å². The van der Waals surface area contributed by atoms with E-state index in [1.54, 1.807) is 18.2 Å². The van der Waals surface area contributed by atoms with Gasteiger partial charge in [0.25, 0.3) is 0 Å². The van der Waals surface area contributed by atoms with E-state index in [1.807, 2.05) is 0 Å². The molecule has 78 valence electrons. The Labute approximate surface area is 83.3 Å². The fraction of sp³-hybridized carbons (Fsp3) is 0.333. The van der Waals surface area contributed by atoms with Crippen molar-refractivity contribution in [3.63, 3.8) is 0 Å². The first-order valence-electron chi connectivity index (χ1n) is 4.11. The number of phenols is 1. The smallest absolute Gasteiger partial charge is 0.149 e. The minimum Gasteiger partial charge on any atom is -0.508 e. The number of phenolic OH excluding ortho intramolecular Hbond substituents is 1. The molecule has 4 nitrogen and oxygen atoms in total.